The molecule has 1 fully saturated rings. The maximum Gasteiger partial charge on any atom is 0.252 e. The van der Waals surface area contributed by atoms with Gasteiger partial charge in [0.25, 0.3) is 5.91 Å². The summed E-state index contributed by atoms with van der Waals surface area (Å²) < 4.78 is 69.4. The van der Waals surface area contributed by atoms with Crippen LogP contribution >= 0.6 is 0 Å². The molecule has 3 atom stereocenters. The Hall–Kier alpha value is -3.35. The molecule has 1 aliphatic rings. The standard InChI is InChI=1S/C29H35F4N5O3/c1-29(2,40-3)25(37(12-11-21(34)16-30)28(39)24-8-5-13-41-24)27-35-26(22-15-20(32)9-10-23(22)33)36-38(27)17-18-6-4-7-19(31)14-18/h4,6-7,9-10,14-15,21,24-25H,5,8,11-13,16-17,34H2,1-3H3/t21-,24-,25-/m0/s1. The highest BCUT2D eigenvalue weighted by molar-refractivity contribution is 5.81. The number of ether oxygens (including phenoxy) is 2. The SMILES string of the molecule is COC(C)(C)[C@H](c1nc(-c2cc(F)ccc2F)nn1Cc1cccc(F)c1)N(CC[C@H](N)CF)C(=O)[C@@H]1CCCO1. The molecule has 3 aromatic rings. The van der Waals surface area contributed by atoms with Gasteiger partial charge in [0.05, 0.1) is 17.7 Å². The number of nitrogens with two attached hydrogens (primary N) is 1. The molecule has 0 aliphatic carbocycles. The van der Waals surface area contributed by atoms with E-state index in [0.717, 1.165) is 18.2 Å². The number of hydrogen-bond acceptors (Lipinski definition) is 6. The van der Waals surface area contributed by atoms with Gasteiger partial charge in [0.1, 0.15) is 36.3 Å². The Morgan fingerprint density at radius 1 is 1.22 bits per heavy atom. The number of amides is 1. The molecular formula is C29H35F4N5O3. The lowest BCUT2D eigenvalue weighted by Gasteiger charge is -2.41. The molecule has 8 nitrogen and oxygen atoms in total. The number of rotatable bonds is 12. The highest BCUT2D eigenvalue weighted by Gasteiger charge is 2.44. The molecule has 0 unspecified atom stereocenters. The van der Waals surface area contributed by atoms with Crippen molar-refractivity contribution in [1.29, 1.82) is 0 Å². The Labute approximate surface area is 236 Å². The summed E-state index contributed by atoms with van der Waals surface area (Å²) in [5, 5.41) is 4.49. The van der Waals surface area contributed by atoms with Crippen molar-refractivity contribution in [3.63, 3.8) is 0 Å². The number of halogens is 4. The molecule has 0 radical (unpaired) electrons. The van der Waals surface area contributed by atoms with Crippen LogP contribution in [0, 0.1) is 17.5 Å². The van der Waals surface area contributed by atoms with E-state index in [9.17, 15) is 22.4 Å². The average Bonchev–Trinajstić information content (AvgIpc) is 3.62. The van der Waals surface area contributed by atoms with Gasteiger partial charge < -0.3 is 20.1 Å². The Kier molecular flexibility index (Phi) is 9.77. The number of nitrogens with zero attached hydrogens (tertiary/aromatic N) is 4. The molecule has 1 saturated heterocycles. The normalized spacial score (nSPS) is 17.0. The number of methoxy groups -OCH3 is 1. The predicted molar refractivity (Wildman–Crippen MR) is 144 cm³/mol. The summed E-state index contributed by atoms with van der Waals surface area (Å²) in [6, 6.07) is 7.00. The smallest absolute Gasteiger partial charge is 0.252 e. The van der Waals surface area contributed by atoms with Gasteiger partial charge in [-0.25, -0.2) is 27.2 Å². The Morgan fingerprint density at radius 3 is 2.63 bits per heavy atom. The molecule has 1 aromatic heterocycles. The van der Waals surface area contributed by atoms with Gasteiger partial charge in [0.2, 0.25) is 0 Å². The van der Waals surface area contributed by atoms with Crippen molar-refractivity contribution in [1.82, 2.24) is 19.7 Å². The van der Waals surface area contributed by atoms with Crippen molar-refractivity contribution >= 4 is 5.91 Å². The zero-order valence-corrected chi connectivity index (χ0v) is 23.3. The lowest BCUT2D eigenvalue weighted by atomic mass is 9.94. The van der Waals surface area contributed by atoms with Gasteiger partial charge in [-0.15, -0.1) is 0 Å². The molecule has 0 bridgehead atoms. The van der Waals surface area contributed by atoms with Gasteiger partial charge >= 0.3 is 0 Å². The third kappa shape index (κ3) is 7.11. The van der Waals surface area contributed by atoms with Crippen molar-refractivity contribution in [2.45, 2.75) is 63.4 Å². The minimum absolute atomic E-state index is 0.000719. The van der Waals surface area contributed by atoms with Gasteiger partial charge in [-0.1, -0.05) is 12.1 Å². The first-order valence-electron chi connectivity index (χ1n) is 13.5. The van der Waals surface area contributed by atoms with Crippen LogP contribution in [0.25, 0.3) is 11.4 Å². The summed E-state index contributed by atoms with van der Waals surface area (Å²) in [6.07, 6.45) is 0.604. The first-order valence-corrected chi connectivity index (χ1v) is 13.5. The number of hydrogen-bond donors (Lipinski definition) is 1. The van der Waals surface area contributed by atoms with E-state index in [1.165, 1.54) is 34.9 Å². The van der Waals surface area contributed by atoms with Crippen molar-refractivity contribution in [3.8, 4) is 11.4 Å². The second-order valence-electron chi connectivity index (χ2n) is 10.7. The molecule has 12 heteroatoms. The summed E-state index contributed by atoms with van der Waals surface area (Å²) in [6.45, 7) is 3.17. The largest absolute Gasteiger partial charge is 0.376 e. The summed E-state index contributed by atoms with van der Waals surface area (Å²) in [5.74, 6) is -2.21. The fraction of sp³-hybridized carbons (Fsp3) is 0.483. The molecule has 0 spiro atoms. The van der Waals surface area contributed by atoms with E-state index in [1.54, 1.807) is 19.9 Å². The number of aromatic nitrogens is 3. The number of benzene rings is 2. The minimum Gasteiger partial charge on any atom is -0.376 e. The van der Waals surface area contributed by atoms with Gasteiger partial charge in [-0.2, -0.15) is 5.10 Å². The second kappa shape index (κ2) is 13.1. The summed E-state index contributed by atoms with van der Waals surface area (Å²) >= 11 is 0. The molecule has 41 heavy (non-hydrogen) atoms. The van der Waals surface area contributed by atoms with Crippen LogP contribution < -0.4 is 5.73 Å². The molecule has 1 amide bonds. The molecule has 2 heterocycles. The summed E-state index contributed by atoms with van der Waals surface area (Å²) in [7, 11) is 1.47. The molecule has 222 valence electrons. The van der Waals surface area contributed by atoms with Crippen LogP contribution in [0.2, 0.25) is 0 Å². The van der Waals surface area contributed by atoms with Gasteiger partial charge in [0, 0.05) is 26.3 Å². The first kappa shape index (κ1) is 30.6. The van der Waals surface area contributed by atoms with E-state index >= 15 is 0 Å². The van der Waals surface area contributed by atoms with Gasteiger partial charge in [-0.3, -0.25) is 4.79 Å². The Morgan fingerprint density at radius 2 is 1.98 bits per heavy atom. The number of carbonyl (C=O) groups excluding carboxylic acids is 1. The first-order chi connectivity index (χ1) is 19.5. The van der Waals surface area contributed by atoms with Crippen LogP contribution in [0.4, 0.5) is 17.6 Å². The van der Waals surface area contributed by atoms with Crippen molar-refractivity contribution < 1.29 is 31.8 Å². The second-order valence-corrected chi connectivity index (χ2v) is 10.7. The molecule has 2 N–H and O–H groups in total. The van der Waals surface area contributed by atoms with E-state index in [1.807, 2.05) is 0 Å². The zero-order chi connectivity index (χ0) is 29.7. The lowest BCUT2D eigenvalue weighted by Crippen LogP contribution is -2.51. The van der Waals surface area contributed by atoms with Crippen LogP contribution in [0.1, 0.15) is 50.5 Å². The van der Waals surface area contributed by atoms with E-state index in [-0.39, 0.29) is 42.6 Å². The van der Waals surface area contributed by atoms with E-state index < -0.39 is 47.9 Å². The topological polar surface area (TPSA) is 95.5 Å². The predicted octanol–water partition coefficient (Wildman–Crippen LogP) is 4.57. The summed E-state index contributed by atoms with van der Waals surface area (Å²) in [5.41, 5.74) is 5.11. The van der Waals surface area contributed by atoms with Crippen LogP contribution in [-0.4, -0.2) is 70.3 Å². The number of alkyl halides is 1. The molecule has 0 saturated carbocycles. The maximum atomic E-state index is 14.9. The number of carbonyl (C=O) groups is 1. The minimum atomic E-state index is -1.11. The Balaban J connectivity index is 1.90. The van der Waals surface area contributed by atoms with E-state index in [4.69, 9.17) is 15.2 Å². The quantitative estimate of drug-likeness (QED) is 0.317. The van der Waals surface area contributed by atoms with Crippen molar-refractivity contribution in [3.05, 3.63) is 71.3 Å². The van der Waals surface area contributed by atoms with E-state index in [0.29, 0.717) is 25.0 Å². The Bertz CT molecular complexity index is 1350. The third-order valence-electron chi connectivity index (χ3n) is 7.26. The van der Waals surface area contributed by atoms with Gasteiger partial charge in [-0.05, 0) is 69.0 Å². The molecule has 4 rings (SSSR count). The summed E-state index contributed by atoms with van der Waals surface area (Å²) in [4.78, 5) is 20.0. The molecule has 1 aliphatic heterocycles. The van der Waals surface area contributed by atoms with Crippen LogP contribution in [-0.2, 0) is 20.8 Å². The zero-order valence-electron chi connectivity index (χ0n) is 23.3. The third-order valence-corrected chi connectivity index (χ3v) is 7.26. The van der Waals surface area contributed by atoms with Gasteiger partial charge in [0.15, 0.2) is 11.6 Å². The maximum absolute atomic E-state index is 14.9. The highest BCUT2D eigenvalue weighted by atomic mass is 19.1. The lowest BCUT2D eigenvalue weighted by molar-refractivity contribution is -0.152. The molecular weight excluding hydrogens is 542 g/mol. The van der Waals surface area contributed by atoms with Crippen molar-refractivity contribution in [2.75, 3.05) is 26.9 Å². The van der Waals surface area contributed by atoms with Crippen LogP contribution in [0.3, 0.4) is 0 Å². The fourth-order valence-corrected chi connectivity index (χ4v) is 4.91. The molecule has 2 aromatic carbocycles. The average molecular weight is 578 g/mol. The van der Waals surface area contributed by atoms with Crippen LogP contribution in [0.5, 0.6) is 0 Å². The van der Waals surface area contributed by atoms with Crippen molar-refractivity contribution in [2.24, 2.45) is 5.73 Å². The highest BCUT2D eigenvalue weighted by Crippen LogP contribution is 2.37. The van der Waals surface area contributed by atoms with Crippen LogP contribution in [0.15, 0.2) is 42.5 Å². The van der Waals surface area contributed by atoms with E-state index in [2.05, 4.69) is 10.1 Å². The monoisotopic (exact) mass is 577 g/mol. The fourth-order valence-electron chi connectivity index (χ4n) is 4.91.